The number of hydrogen-bond acceptors (Lipinski definition) is 2. The Hall–Kier alpha value is -1.69. The van der Waals surface area contributed by atoms with Crippen LogP contribution in [0.3, 0.4) is 0 Å². The van der Waals surface area contributed by atoms with Gasteiger partial charge in [-0.15, -0.1) is 0 Å². The molecule has 2 amide bonds. The minimum absolute atomic E-state index is 0.286. The highest BCUT2D eigenvalue weighted by Crippen LogP contribution is 2.22. The summed E-state index contributed by atoms with van der Waals surface area (Å²) in [6.07, 6.45) is 0. The van der Waals surface area contributed by atoms with Gasteiger partial charge in [0.1, 0.15) is 11.5 Å². The molecule has 4 nitrogen and oxygen atoms in total. The number of benzene rings is 1. The van der Waals surface area contributed by atoms with Crippen LogP contribution >= 0.6 is 0 Å². The molecule has 1 N–H and O–H groups in total. The van der Waals surface area contributed by atoms with Crippen LogP contribution in [0.15, 0.2) is 12.1 Å². The highest BCUT2D eigenvalue weighted by Gasteiger charge is 2.20. The maximum Gasteiger partial charge on any atom is 0.322 e. The Kier molecular flexibility index (Phi) is 3.76. The number of carbonyl (C=O) groups is 1. The van der Waals surface area contributed by atoms with E-state index >= 15 is 0 Å². The van der Waals surface area contributed by atoms with Crippen molar-refractivity contribution in [3.8, 4) is 0 Å². The Balaban J connectivity index is 2.13. The molecule has 0 aromatic heterocycles. The molecule has 0 aliphatic carbocycles. The van der Waals surface area contributed by atoms with Gasteiger partial charge in [-0.1, -0.05) is 6.07 Å². The van der Waals surface area contributed by atoms with Gasteiger partial charge in [0, 0.05) is 13.1 Å². The number of aryl methyl sites for hydroxylation is 1. The van der Waals surface area contributed by atoms with Crippen LogP contribution < -0.4 is 5.32 Å². The van der Waals surface area contributed by atoms with Gasteiger partial charge in [0.05, 0.1) is 13.2 Å². The number of amides is 2. The van der Waals surface area contributed by atoms with Crippen LogP contribution in [0.4, 0.5) is 19.3 Å². The molecular weight excluding hydrogens is 242 g/mol. The fourth-order valence-corrected chi connectivity index (χ4v) is 1.72. The molecule has 0 unspecified atom stereocenters. The summed E-state index contributed by atoms with van der Waals surface area (Å²) in [4.78, 5) is 13.3. The number of rotatable bonds is 1. The van der Waals surface area contributed by atoms with Crippen LogP contribution in [0.1, 0.15) is 5.56 Å². The van der Waals surface area contributed by atoms with E-state index in [1.54, 1.807) is 0 Å². The van der Waals surface area contributed by atoms with Gasteiger partial charge in [0.25, 0.3) is 0 Å². The van der Waals surface area contributed by atoms with Gasteiger partial charge in [-0.25, -0.2) is 13.6 Å². The Morgan fingerprint density at radius 2 is 2.00 bits per heavy atom. The molecule has 98 valence electrons. The van der Waals surface area contributed by atoms with Crippen molar-refractivity contribution in [3.05, 3.63) is 29.3 Å². The first-order valence-electron chi connectivity index (χ1n) is 5.68. The van der Waals surface area contributed by atoms with Crippen molar-refractivity contribution in [2.24, 2.45) is 0 Å². The predicted molar refractivity (Wildman–Crippen MR) is 62.5 cm³/mol. The number of ether oxygens (including phenoxy) is 1. The van der Waals surface area contributed by atoms with Gasteiger partial charge in [-0.3, -0.25) is 0 Å². The molecular formula is C12H14F2N2O2. The molecule has 0 radical (unpaired) electrons. The lowest BCUT2D eigenvalue weighted by Gasteiger charge is -2.27. The van der Waals surface area contributed by atoms with Crippen LogP contribution in [0.2, 0.25) is 0 Å². The first kappa shape index (κ1) is 12.8. The number of nitrogens with one attached hydrogen (secondary N) is 1. The molecule has 1 fully saturated rings. The Morgan fingerprint density at radius 1 is 1.33 bits per heavy atom. The maximum atomic E-state index is 13.7. The summed E-state index contributed by atoms with van der Waals surface area (Å²) in [5.74, 6) is -1.52. The summed E-state index contributed by atoms with van der Waals surface area (Å²) in [7, 11) is 0. The highest BCUT2D eigenvalue weighted by molar-refractivity contribution is 5.89. The van der Waals surface area contributed by atoms with E-state index in [0.29, 0.717) is 26.3 Å². The molecule has 0 spiro atoms. The molecule has 1 aliphatic rings. The molecule has 1 heterocycles. The molecule has 1 saturated heterocycles. The summed E-state index contributed by atoms with van der Waals surface area (Å²) >= 11 is 0. The highest BCUT2D eigenvalue weighted by atomic mass is 19.1. The first-order valence-corrected chi connectivity index (χ1v) is 5.68. The van der Waals surface area contributed by atoms with E-state index in [9.17, 15) is 13.6 Å². The van der Waals surface area contributed by atoms with Crippen molar-refractivity contribution in [1.82, 2.24) is 4.90 Å². The Bertz CT molecular complexity index is 460. The number of carbonyl (C=O) groups excluding carboxylic acids is 1. The minimum Gasteiger partial charge on any atom is -0.378 e. The fourth-order valence-electron chi connectivity index (χ4n) is 1.72. The molecule has 6 heteroatoms. The third-order valence-electron chi connectivity index (χ3n) is 2.81. The SMILES string of the molecule is Cc1ccc(F)c(NC(=O)N2CCOCC2)c1F. The second-order valence-electron chi connectivity index (χ2n) is 4.08. The summed E-state index contributed by atoms with van der Waals surface area (Å²) in [6, 6.07) is 1.95. The predicted octanol–water partition coefficient (Wildman–Crippen LogP) is 2.14. The van der Waals surface area contributed by atoms with Crippen molar-refractivity contribution >= 4 is 11.7 Å². The Morgan fingerprint density at radius 3 is 2.67 bits per heavy atom. The number of morpholine rings is 1. The van der Waals surface area contributed by atoms with Gasteiger partial charge in [-0.05, 0) is 18.6 Å². The zero-order chi connectivity index (χ0) is 13.1. The molecule has 0 bridgehead atoms. The van der Waals surface area contributed by atoms with Crippen LogP contribution in [-0.2, 0) is 4.74 Å². The van der Waals surface area contributed by atoms with Gasteiger partial charge in [0.2, 0.25) is 0 Å². The maximum absolute atomic E-state index is 13.7. The topological polar surface area (TPSA) is 41.6 Å². The van der Waals surface area contributed by atoms with Gasteiger partial charge < -0.3 is 15.0 Å². The molecule has 1 aromatic carbocycles. The number of nitrogens with zero attached hydrogens (tertiary/aromatic N) is 1. The van der Waals surface area contributed by atoms with Crippen molar-refractivity contribution in [1.29, 1.82) is 0 Å². The lowest BCUT2D eigenvalue weighted by atomic mass is 10.2. The summed E-state index contributed by atoms with van der Waals surface area (Å²) in [5, 5.41) is 2.27. The van der Waals surface area contributed by atoms with Gasteiger partial charge >= 0.3 is 6.03 Å². The van der Waals surface area contributed by atoms with Crippen LogP contribution in [0.25, 0.3) is 0 Å². The molecule has 2 rings (SSSR count). The Labute approximate surface area is 104 Å². The van der Waals surface area contributed by atoms with E-state index < -0.39 is 23.4 Å². The molecule has 0 saturated carbocycles. The van der Waals surface area contributed by atoms with Crippen LogP contribution in [0, 0.1) is 18.6 Å². The molecule has 1 aliphatic heterocycles. The quantitative estimate of drug-likeness (QED) is 0.836. The number of urea groups is 1. The van der Waals surface area contributed by atoms with Crippen LogP contribution in [-0.4, -0.2) is 37.2 Å². The average molecular weight is 256 g/mol. The fraction of sp³-hybridized carbons (Fsp3) is 0.417. The van der Waals surface area contributed by atoms with Crippen molar-refractivity contribution in [3.63, 3.8) is 0 Å². The van der Waals surface area contributed by atoms with E-state index in [2.05, 4.69) is 5.32 Å². The number of hydrogen-bond donors (Lipinski definition) is 1. The second kappa shape index (κ2) is 5.30. The number of halogens is 2. The lowest BCUT2D eigenvalue weighted by molar-refractivity contribution is 0.0564. The van der Waals surface area contributed by atoms with E-state index in [4.69, 9.17) is 4.74 Å². The van der Waals surface area contributed by atoms with E-state index in [1.165, 1.54) is 17.9 Å². The third-order valence-corrected chi connectivity index (χ3v) is 2.81. The van der Waals surface area contributed by atoms with Crippen molar-refractivity contribution < 1.29 is 18.3 Å². The summed E-state index contributed by atoms with van der Waals surface area (Å²) in [5.41, 5.74) is -0.111. The zero-order valence-corrected chi connectivity index (χ0v) is 10.0. The average Bonchev–Trinajstić information content (AvgIpc) is 2.40. The molecule has 0 atom stereocenters. The van der Waals surface area contributed by atoms with Crippen LogP contribution in [0.5, 0.6) is 0 Å². The molecule has 1 aromatic rings. The monoisotopic (exact) mass is 256 g/mol. The van der Waals surface area contributed by atoms with E-state index in [1.807, 2.05) is 0 Å². The second-order valence-corrected chi connectivity index (χ2v) is 4.08. The van der Waals surface area contributed by atoms with Crippen molar-refractivity contribution in [2.75, 3.05) is 31.6 Å². The largest absolute Gasteiger partial charge is 0.378 e. The summed E-state index contributed by atoms with van der Waals surface area (Å²) < 4.78 is 32.2. The zero-order valence-electron chi connectivity index (χ0n) is 10.0. The van der Waals surface area contributed by atoms with E-state index in [-0.39, 0.29) is 5.56 Å². The minimum atomic E-state index is -0.778. The van der Waals surface area contributed by atoms with Gasteiger partial charge in [-0.2, -0.15) is 0 Å². The van der Waals surface area contributed by atoms with Crippen molar-refractivity contribution in [2.45, 2.75) is 6.92 Å². The van der Waals surface area contributed by atoms with Gasteiger partial charge in [0.15, 0.2) is 5.82 Å². The normalized spacial score (nSPS) is 15.6. The summed E-state index contributed by atoms with van der Waals surface area (Å²) in [6.45, 7) is 3.22. The first-order chi connectivity index (χ1) is 8.59. The number of anilines is 1. The molecule has 18 heavy (non-hydrogen) atoms. The van der Waals surface area contributed by atoms with E-state index in [0.717, 1.165) is 6.07 Å². The third kappa shape index (κ3) is 2.59. The smallest absolute Gasteiger partial charge is 0.322 e. The standard InChI is InChI=1S/C12H14F2N2O2/c1-8-2-3-9(13)11(10(8)14)15-12(17)16-4-6-18-7-5-16/h2-3H,4-7H2,1H3,(H,15,17). The lowest BCUT2D eigenvalue weighted by Crippen LogP contribution is -2.43.